The molecule has 0 aromatic heterocycles. The zero-order valence-corrected chi connectivity index (χ0v) is 10.7. The van der Waals surface area contributed by atoms with Gasteiger partial charge in [0.05, 0.1) is 17.7 Å². The fourth-order valence-electron chi connectivity index (χ4n) is 2.00. The summed E-state index contributed by atoms with van der Waals surface area (Å²) < 4.78 is 56.0. The van der Waals surface area contributed by atoms with E-state index in [-0.39, 0.29) is 5.56 Å². The van der Waals surface area contributed by atoms with Gasteiger partial charge in [0, 0.05) is 12.2 Å². The molecule has 0 saturated carbocycles. The number of halogens is 4. The summed E-state index contributed by atoms with van der Waals surface area (Å²) in [4.78, 5) is 11.9. The summed E-state index contributed by atoms with van der Waals surface area (Å²) >= 11 is 0. The van der Waals surface area contributed by atoms with E-state index in [0.717, 1.165) is 6.07 Å². The van der Waals surface area contributed by atoms with Crippen LogP contribution in [0.1, 0.15) is 29.3 Å². The lowest BCUT2D eigenvalue weighted by Gasteiger charge is -2.23. The van der Waals surface area contributed by atoms with Gasteiger partial charge in [-0.25, -0.2) is 4.39 Å². The van der Waals surface area contributed by atoms with Gasteiger partial charge in [-0.1, -0.05) is 0 Å². The zero-order chi connectivity index (χ0) is 15.0. The third-order valence-electron chi connectivity index (χ3n) is 3.17. The SMILES string of the molecule is CC1(NC(=O)c2ccc(F)c(C(F)(F)F)c2)CCOC1. The first-order chi connectivity index (χ1) is 9.21. The summed E-state index contributed by atoms with van der Waals surface area (Å²) in [6, 6.07) is 2.19. The highest BCUT2D eigenvalue weighted by Gasteiger charge is 2.36. The molecule has 7 heteroatoms. The molecule has 1 N–H and O–H groups in total. The molecule has 20 heavy (non-hydrogen) atoms. The van der Waals surface area contributed by atoms with Crippen LogP contribution in [0.3, 0.4) is 0 Å². The molecule has 1 heterocycles. The lowest BCUT2D eigenvalue weighted by Crippen LogP contribution is -2.46. The minimum absolute atomic E-state index is 0.230. The highest BCUT2D eigenvalue weighted by molar-refractivity contribution is 5.94. The zero-order valence-electron chi connectivity index (χ0n) is 10.7. The standard InChI is InChI=1S/C13H13F4NO2/c1-12(4-5-20-7-12)18-11(19)8-2-3-10(14)9(6-8)13(15,16)17/h2-3,6H,4-5,7H2,1H3,(H,18,19). The maximum absolute atomic E-state index is 13.1. The number of alkyl halides is 3. The van der Waals surface area contributed by atoms with Crippen molar-refractivity contribution < 1.29 is 27.1 Å². The van der Waals surface area contributed by atoms with E-state index in [0.29, 0.717) is 31.8 Å². The molecule has 1 aliphatic heterocycles. The third-order valence-corrected chi connectivity index (χ3v) is 3.17. The van der Waals surface area contributed by atoms with Crippen molar-refractivity contribution in [2.75, 3.05) is 13.2 Å². The lowest BCUT2D eigenvalue weighted by molar-refractivity contribution is -0.140. The highest BCUT2D eigenvalue weighted by atomic mass is 19.4. The Morgan fingerprint density at radius 2 is 2.10 bits per heavy atom. The van der Waals surface area contributed by atoms with Crippen LogP contribution in [-0.2, 0) is 10.9 Å². The van der Waals surface area contributed by atoms with Gasteiger partial charge in [-0.2, -0.15) is 13.2 Å². The number of hydrogen-bond donors (Lipinski definition) is 1. The number of benzene rings is 1. The van der Waals surface area contributed by atoms with Gasteiger partial charge in [-0.3, -0.25) is 4.79 Å². The molecule has 2 rings (SSSR count). The predicted octanol–water partition coefficient (Wildman–Crippen LogP) is 2.75. The van der Waals surface area contributed by atoms with E-state index in [9.17, 15) is 22.4 Å². The molecule has 1 atom stereocenters. The molecule has 3 nitrogen and oxygen atoms in total. The number of carbonyl (C=O) groups is 1. The third kappa shape index (κ3) is 3.09. The van der Waals surface area contributed by atoms with Crippen molar-refractivity contribution >= 4 is 5.91 Å². The topological polar surface area (TPSA) is 38.3 Å². The first-order valence-corrected chi connectivity index (χ1v) is 5.98. The molecule has 0 spiro atoms. The van der Waals surface area contributed by atoms with Crippen molar-refractivity contribution in [3.8, 4) is 0 Å². The Morgan fingerprint density at radius 1 is 1.40 bits per heavy atom. The summed E-state index contributed by atoms with van der Waals surface area (Å²) in [6.45, 7) is 2.52. The van der Waals surface area contributed by atoms with Crippen molar-refractivity contribution in [2.24, 2.45) is 0 Å². The first kappa shape index (κ1) is 14.8. The van der Waals surface area contributed by atoms with Crippen LogP contribution in [0, 0.1) is 5.82 Å². The molecule has 0 aliphatic carbocycles. The van der Waals surface area contributed by atoms with E-state index in [1.807, 2.05) is 0 Å². The maximum atomic E-state index is 13.1. The minimum Gasteiger partial charge on any atom is -0.379 e. The van der Waals surface area contributed by atoms with Crippen LogP contribution < -0.4 is 5.32 Å². The van der Waals surface area contributed by atoms with Crippen LogP contribution in [0.2, 0.25) is 0 Å². The van der Waals surface area contributed by atoms with Crippen LogP contribution in [0.4, 0.5) is 17.6 Å². The largest absolute Gasteiger partial charge is 0.419 e. The summed E-state index contributed by atoms with van der Waals surface area (Å²) in [7, 11) is 0. The predicted molar refractivity (Wildman–Crippen MR) is 62.7 cm³/mol. The average Bonchev–Trinajstić information content (AvgIpc) is 2.74. The van der Waals surface area contributed by atoms with Gasteiger partial charge in [0.1, 0.15) is 5.82 Å². The van der Waals surface area contributed by atoms with E-state index >= 15 is 0 Å². The number of ether oxygens (including phenoxy) is 1. The van der Waals surface area contributed by atoms with Gasteiger partial charge in [0.2, 0.25) is 0 Å². The highest BCUT2D eigenvalue weighted by Crippen LogP contribution is 2.32. The van der Waals surface area contributed by atoms with E-state index < -0.39 is 29.0 Å². The molecule has 1 amide bonds. The second kappa shape index (κ2) is 5.05. The lowest BCUT2D eigenvalue weighted by atomic mass is 10.0. The molecule has 110 valence electrons. The quantitative estimate of drug-likeness (QED) is 0.851. The van der Waals surface area contributed by atoms with Gasteiger partial charge in [-0.05, 0) is 31.5 Å². The first-order valence-electron chi connectivity index (χ1n) is 5.98. The Hall–Kier alpha value is -1.63. The molecule has 1 unspecified atom stereocenters. The van der Waals surface area contributed by atoms with Crippen molar-refractivity contribution in [3.05, 3.63) is 35.1 Å². The number of hydrogen-bond acceptors (Lipinski definition) is 2. The minimum atomic E-state index is -4.83. The molecule has 1 aromatic carbocycles. The van der Waals surface area contributed by atoms with Crippen LogP contribution in [0.15, 0.2) is 18.2 Å². The molecule has 1 aromatic rings. The Bertz CT molecular complexity index is 522. The fraction of sp³-hybridized carbons (Fsp3) is 0.462. The molecule has 1 aliphatic rings. The summed E-state index contributed by atoms with van der Waals surface area (Å²) in [5.41, 5.74) is -2.28. The molecule has 1 fully saturated rings. The maximum Gasteiger partial charge on any atom is 0.419 e. The Balaban J connectivity index is 2.22. The van der Waals surface area contributed by atoms with Crippen LogP contribution in [0.25, 0.3) is 0 Å². The second-order valence-corrected chi connectivity index (χ2v) is 5.01. The van der Waals surface area contributed by atoms with Gasteiger partial charge < -0.3 is 10.1 Å². The Morgan fingerprint density at radius 3 is 2.65 bits per heavy atom. The fourth-order valence-corrected chi connectivity index (χ4v) is 2.00. The van der Waals surface area contributed by atoms with Crippen LogP contribution in [-0.4, -0.2) is 24.7 Å². The molecule has 1 saturated heterocycles. The molecular weight excluding hydrogens is 278 g/mol. The molecule has 0 radical (unpaired) electrons. The summed E-state index contributed by atoms with van der Waals surface area (Å²) in [5.74, 6) is -2.08. The van der Waals surface area contributed by atoms with Crippen LogP contribution in [0.5, 0.6) is 0 Å². The van der Waals surface area contributed by atoms with Crippen molar-refractivity contribution in [1.29, 1.82) is 0 Å². The molecular formula is C13H13F4NO2. The van der Waals surface area contributed by atoms with E-state index in [4.69, 9.17) is 4.74 Å². The number of rotatable bonds is 2. The number of carbonyl (C=O) groups excluding carboxylic acids is 1. The second-order valence-electron chi connectivity index (χ2n) is 5.01. The average molecular weight is 291 g/mol. The number of nitrogens with one attached hydrogen (secondary N) is 1. The van der Waals surface area contributed by atoms with Crippen LogP contribution >= 0.6 is 0 Å². The van der Waals surface area contributed by atoms with E-state index in [2.05, 4.69) is 5.32 Å². The Kier molecular flexibility index (Phi) is 3.73. The van der Waals surface area contributed by atoms with Gasteiger partial charge in [0.15, 0.2) is 0 Å². The summed E-state index contributed by atoms with van der Waals surface area (Å²) in [6.07, 6.45) is -4.26. The molecule has 0 bridgehead atoms. The van der Waals surface area contributed by atoms with E-state index in [1.165, 1.54) is 0 Å². The monoisotopic (exact) mass is 291 g/mol. The van der Waals surface area contributed by atoms with Crippen molar-refractivity contribution in [3.63, 3.8) is 0 Å². The van der Waals surface area contributed by atoms with Crippen molar-refractivity contribution in [1.82, 2.24) is 5.32 Å². The van der Waals surface area contributed by atoms with E-state index in [1.54, 1.807) is 6.92 Å². The van der Waals surface area contributed by atoms with Crippen molar-refractivity contribution in [2.45, 2.75) is 25.1 Å². The van der Waals surface area contributed by atoms with Gasteiger partial charge >= 0.3 is 6.18 Å². The van der Waals surface area contributed by atoms with Gasteiger partial charge in [-0.15, -0.1) is 0 Å². The Labute approximate surface area is 112 Å². The summed E-state index contributed by atoms with van der Waals surface area (Å²) in [5, 5.41) is 2.62. The number of amides is 1. The van der Waals surface area contributed by atoms with Gasteiger partial charge in [0.25, 0.3) is 5.91 Å². The normalized spacial score (nSPS) is 22.9. The smallest absolute Gasteiger partial charge is 0.379 e.